The minimum Gasteiger partial charge on any atom is -0.508 e. The maximum Gasteiger partial charge on any atom is 0.254 e. The number of piperidine rings is 1. The third-order valence-electron chi connectivity index (χ3n) is 3.92. The van der Waals surface area contributed by atoms with Crippen molar-refractivity contribution in [2.45, 2.75) is 39.2 Å². The zero-order valence-corrected chi connectivity index (χ0v) is 12.4. The molecule has 0 aliphatic carbocycles. The SMILES string of the molecule is CCCN(C(=O)c1ccc(O)c(C)c1)C1CCNCC1. The van der Waals surface area contributed by atoms with Gasteiger partial charge in [-0.1, -0.05) is 6.92 Å². The summed E-state index contributed by atoms with van der Waals surface area (Å²) in [6.07, 6.45) is 3.00. The van der Waals surface area contributed by atoms with E-state index in [1.807, 2.05) is 11.8 Å². The van der Waals surface area contributed by atoms with Crippen LogP contribution in [0.15, 0.2) is 18.2 Å². The molecule has 4 nitrogen and oxygen atoms in total. The second-order valence-corrected chi connectivity index (χ2v) is 5.48. The Kier molecular flexibility index (Phi) is 5.01. The van der Waals surface area contributed by atoms with E-state index in [1.54, 1.807) is 18.2 Å². The molecule has 1 aliphatic rings. The van der Waals surface area contributed by atoms with Gasteiger partial charge in [0.1, 0.15) is 5.75 Å². The molecule has 2 rings (SSSR count). The number of aromatic hydroxyl groups is 1. The lowest BCUT2D eigenvalue weighted by Crippen LogP contribution is -2.46. The fourth-order valence-electron chi connectivity index (χ4n) is 2.76. The Hall–Kier alpha value is -1.55. The van der Waals surface area contributed by atoms with Crippen LogP contribution in [0.2, 0.25) is 0 Å². The van der Waals surface area contributed by atoms with Crippen LogP contribution in [0.4, 0.5) is 0 Å². The number of nitrogens with zero attached hydrogens (tertiary/aromatic N) is 1. The van der Waals surface area contributed by atoms with E-state index in [-0.39, 0.29) is 11.7 Å². The highest BCUT2D eigenvalue weighted by Gasteiger charge is 2.25. The number of aryl methyl sites for hydroxylation is 1. The van der Waals surface area contributed by atoms with Crippen LogP contribution >= 0.6 is 0 Å². The number of hydrogen-bond acceptors (Lipinski definition) is 3. The molecule has 0 aromatic heterocycles. The fourth-order valence-corrected chi connectivity index (χ4v) is 2.76. The van der Waals surface area contributed by atoms with Gasteiger partial charge in [-0.15, -0.1) is 0 Å². The molecule has 0 radical (unpaired) electrons. The molecule has 4 heteroatoms. The summed E-state index contributed by atoms with van der Waals surface area (Å²) in [5.41, 5.74) is 1.42. The van der Waals surface area contributed by atoms with Crippen LogP contribution in [0.5, 0.6) is 5.75 Å². The van der Waals surface area contributed by atoms with Gasteiger partial charge in [0.25, 0.3) is 5.91 Å². The molecule has 0 spiro atoms. The van der Waals surface area contributed by atoms with Crippen molar-refractivity contribution >= 4 is 5.91 Å². The minimum atomic E-state index is 0.0850. The van der Waals surface area contributed by atoms with Crippen molar-refractivity contribution in [3.05, 3.63) is 29.3 Å². The quantitative estimate of drug-likeness (QED) is 0.887. The molecule has 20 heavy (non-hydrogen) atoms. The van der Waals surface area contributed by atoms with Crippen LogP contribution in [0, 0.1) is 6.92 Å². The average molecular weight is 276 g/mol. The summed E-state index contributed by atoms with van der Waals surface area (Å²) in [5, 5.41) is 12.9. The predicted octanol–water partition coefficient (Wildman–Crippen LogP) is 2.30. The number of carbonyl (C=O) groups is 1. The van der Waals surface area contributed by atoms with Crippen molar-refractivity contribution in [3.8, 4) is 5.75 Å². The van der Waals surface area contributed by atoms with Crippen LogP contribution < -0.4 is 5.32 Å². The number of phenols is 1. The second kappa shape index (κ2) is 6.75. The highest BCUT2D eigenvalue weighted by atomic mass is 16.3. The molecule has 0 atom stereocenters. The third-order valence-corrected chi connectivity index (χ3v) is 3.92. The Morgan fingerprint density at radius 2 is 2.10 bits per heavy atom. The number of benzene rings is 1. The molecule has 2 N–H and O–H groups in total. The van der Waals surface area contributed by atoms with Crippen LogP contribution in [-0.2, 0) is 0 Å². The lowest BCUT2D eigenvalue weighted by molar-refractivity contribution is 0.0642. The lowest BCUT2D eigenvalue weighted by Gasteiger charge is -2.34. The topological polar surface area (TPSA) is 52.6 Å². The Morgan fingerprint density at radius 3 is 2.70 bits per heavy atom. The van der Waals surface area contributed by atoms with E-state index in [4.69, 9.17) is 0 Å². The minimum absolute atomic E-state index is 0.0850. The van der Waals surface area contributed by atoms with E-state index in [2.05, 4.69) is 12.2 Å². The molecule has 1 aromatic carbocycles. The third kappa shape index (κ3) is 3.31. The molecule has 1 saturated heterocycles. The van der Waals surface area contributed by atoms with Gasteiger partial charge in [-0.25, -0.2) is 0 Å². The van der Waals surface area contributed by atoms with Gasteiger partial charge in [0.15, 0.2) is 0 Å². The molecule has 110 valence electrons. The standard InChI is InChI=1S/C16H24N2O2/c1-3-10-18(14-6-8-17-9-7-14)16(20)13-4-5-15(19)12(2)11-13/h4-5,11,14,17,19H,3,6-10H2,1-2H3. The van der Waals surface area contributed by atoms with Crippen molar-refractivity contribution in [1.82, 2.24) is 10.2 Å². The summed E-state index contributed by atoms with van der Waals surface area (Å²) in [7, 11) is 0. The Bertz CT molecular complexity index is 468. The first kappa shape index (κ1) is 14.9. The van der Waals surface area contributed by atoms with E-state index in [0.717, 1.165) is 44.5 Å². The molecule has 1 fully saturated rings. The van der Waals surface area contributed by atoms with Crippen LogP contribution in [-0.4, -0.2) is 41.6 Å². The fraction of sp³-hybridized carbons (Fsp3) is 0.562. The van der Waals surface area contributed by atoms with Crippen LogP contribution in [0.3, 0.4) is 0 Å². The largest absolute Gasteiger partial charge is 0.508 e. The summed E-state index contributed by atoms with van der Waals surface area (Å²) in [6, 6.07) is 5.43. The van der Waals surface area contributed by atoms with Crippen molar-refractivity contribution in [2.75, 3.05) is 19.6 Å². The molecule has 1 amide bonds. The average Bonchev–Trinajstić information content (AvgIpc) is 2.48. The summed E-state index contributed by atoms with van der Waals surface area (Å²) in [4.78, 5) is 14.7. The van der Waals surface area contributed by atoms with E-state index in [1.165, 1.54) is 0 Å². The van der Waals surface area contributed by atoms with E-state index < -0.39 is 0 Å². The molecular weight excluding hydrogens is 252 g/mol. The van der Waals surface area contributed by atoms with Gasteiger partial charge < -0.3 is 15.3 Å². The number of nitrogens with one attached hydrogen (secondary N) is 1. The van der Waals surface area contributed by atoms with Crippen molar-refractivity contribution in [3.63, 3.8) is 0 Å². The summed E-state index contributed by atoms with van der Waals surface area (Å²) >= 11 is 0. The van der Waals surface area contributed by atoms with Gasteiger partial charge in [0.05, 0.1) is 0 Å². The molecule has 0 bridgehead atoms. The number of amides is 1. The monoisotopic (exact) mass is 276 g/mol. The first-order chi connectivity index (χ1) is 9.63. The molecule has 1 heterocycles. The first-order valence-electron chi connectivity index (χ1n) is 7.44. The Labute approximate surface area is 120 Å². The Balaban J connectivity index is 2.18. The van der Waals surface area contributed by atoms with Gasteiger partial charge in [-0.05, 0) is 63.0 Å². The molecule has 0 unspecified atom stereocenters. The van der Waals surface area contributed by atoms with Gasteiger partial charge in [0.2, 0.25) is 0 Å². The first-order valence-corrected chi connectivity index (χ1v) is 7.44. The smallest absolute Gasteiger partial charge is 0.254 e. The maximum absolute atomic E-state index is 12.7. The lowest BCUT2D eigenvalue weighted by atomic mass is 10.0. The van der Waals surface area contributed by atoms with Crippen molar-refractivity contribution in [2.24, 2.45) is 0 Å². The normalized spacial score (nSPS) is 16.1. The summed E-state index contributed by atoms with van der Waals surface area (Å²) in [5.74, 6) is 0.326. The molecule has 1 aromatic rings. The molecular formula is C16H24N2O2. The van der Waals surface area contributed by atoms with Gasteiger partial charge >= 0.3 is 0 Å². The summed E-state index contributed by atoms with van der Waals surface area (Å²) in [6.45, 7) is 6.67. The maximum atomic E-state index is 12.7. The van der Waals surface area contributed by atoms with Gasteiger partial charge in [-0.2, -0.15) is 0 Å². The van der Waals surface area contributed by atoms with Gasteiger partial charge in [-0.3, -0.25) is 4.79 Å². The van der Waals surface area contributed by atoms with E-state index >= 15 is 0 Å². The number of hydrogen-bond donors (Lipinski definition) is 2. The summed E-state index contributed by atoms with van der Waals surface area (Å²) < 4.78 is 0. The molecule has 1 aliphatic heterocycles. The predicted molar refractivity (Wildman–Crippen MR) is 80.1 cm³/mol. The highest BCUT2D eigenvalue weighted by molar-refractivity contribution is 5.94. The van der Waals surface area contributed by atoms with Gasteiger partial charge in [0, 0.05) is 18.2 Å². The second-order valence-electron chi connectivity index (χ2n) is 5.48. The number of carbonyl (C=O) groups excluding carboxylic acids is 1. The van der Waals surface area contributed by atoms with Crippen LogP contribution in [0.25, 0.3) is 0 Å². The Morgan fingerprint density at radius 1 is 1.40 bits per heavy atom. The van der Waals surface area contributed by atoms with Crippen molar-refractivity contribution in [1.29, 1.82) is 0 Å². The number of rotatable bonds is 4. The highest BCUT2D eigenvalue weighted by Crippen LogP contribution is 2.21. The van der Waals surface area contributed by atoms with Crippen molar-refractivity contribution < 1.29 is 9.90 Å². The molecule has 0 saturated carbocycles. The number of phenolic OH excluding ortho intramolecular Hbond substituents is 1. The van der Waals surface area contributed by atoms with Crippen LogP contribution in [0.1, 0.15) is 42.1 Å². The zero-order chi connectivity index (χ0) is 14.5. The van der Waals surface area contributed by atoms with E-state index in [9.17, 15) is 9.90 Å². The van der Waals surface area contributed by atoms with E-state index in [0.29, 0.717) is 11.6 Å². The zero-order valence-electron chi connectivity index (χ0n) is 12.4.